The zero-order chi connectivity index (χ0) is 24.0. The standard InChI is InChI=1S/C23H23N3O6S/c1-13-7-8-15(24-22(28)17-6-5-9-32-17)12-16(13)25-23(33)26-21(27)14-10-18(29-2)20(31-4)19(11-14)30-3/h5-12H,1-4H3,(H,24,28)(H2,25,26,27,33). The Morgan fingerprint density at radius 2 is 1.61 bits per heavy atom. The lowest BCUT2D eigenvalue weighted by atomic mass is 10.1. The van der Waals surface area contributed by atoms with E-state index in [4.69, 9.17) is 30.8 Å². The Balaban J connectivity index is 1.71. The number of hydrogen-bond donors (Lipinski definition) is 3. The van der Waals surface area contributed by atoms with E-state index in [0.29, 0.717) is 28.6 Å². The summed E-state index contributed by atoms with van der Waals surface area (Å²) in [5, 5.41) is 8.42. The summed E-state index contributed by atoms with van der Waals surface area (Å²) in [6, 6.07) is 11.5. The zero-order valence-electron chi connectivity index (χ0n) is 18.5. The molecule has 2 amide bonds. The van der Waals surface area contributed by atoms with E-state index in [1.54, 1.807) is 24.3 Å². The van der Waals surface area contributed by atoms with Gasteiger partial charge in [0.25, 0.3) is 11.8 Å². The highest BCUT2D eigenvalue weighted by atomic mass is 32.1. The van der Waals surface area contributed by atoms with Crippen molar-refractivity contribution < 1.29 is 28.2 Å². The predicted octanol–water partition coefficient (Wildman–Crippen LogP) is 3.99. The molecule has 0 aliphatic carbocycles. The summed E-state index contributed by atoms with van der Waals surface area (Å²) >= 11 is 5.31. The normalized spacial score (nSPS) is 10.2. The largest absolute Gasteiger partial charge is 0.493 e. The number of anilines is 2. The minimum atomic E-state index is -0.466. The van der Waals surface area contributed by atoms with E-state index >= 15 is 0 Å². The van der Waals surface area contributed by atoms with E-state index in [1.807, 2.05) is 13.0 Å². The van der Waals surface area contributed by atoms with Gasteiger partial charge in [-0.2, -0.15) is 0 Å². The van der Waals surface area contributed by atoms with Crippen molar-refractivity contribution in [1.82, 2.24) is 5.32 Å². The number of amides is 2. The first-order valence-electron chi connectivity index (χ1n) is 9.74. The molecule has 0 bridgehead atoms. The maximum absolute atomic E-state index is 12.8. The van der Waals surface area contributed by atoms with E-state index in [2.05, 4.69) is 16.0 Å². The van der Waals surface area contributed by atoms with Gasteiger partial charge in [-0.05, 0) is 61.1 Å². The third-order valence-corrected chi connectivity index (χ3v) is 4.85. The van der Waals surface area contributed by atoms with Gasteiger partial charge in [0.1, 0.15) is 0 Å². The van der Waals surface area contributed by atoms with Crippen LogP contribution in [0.2, 0.25) is 0 Å². The van der Waals surface area contributed by atoms with Gasteiger partial charge < -0.3 is 29.3 Å². The molecule has 0 saturated carbocycles. The van der Waals surface area contributed by atoms with Crippen molar-refractivity contribution in [1.29, 1.82) is 0 Å². The summed E-state index contributed by atoms with van der Waals surface area (Å²) in [5.41, 5.74) is 2.27. The second-order valence-electron chi connectivity index (χ2n) is 6.78. The molecule has 1 aromatic heterocycles. The number of benzene rings is 2. The molecule has 9 nitrogen and oxygen atoms in total. The van der Waals surface area contributed by atoms with E-state index < -0.39 is 5.91 Å². The number of ether oxygens (including phenoxy) is 3. The highest BCUT2D eigenvalue weighted by Gasteiger charge is 2.18. The van der Waals surface area contributed by atoms with Crippen LogP contribution < -0.4 is 30.2 Å². The fraction of sp³-hybridized carbons (Fsp3) is 0.174. The molecule has 3 aromatic rings. The molecule has 0 aliphatic rings. The first kappa shape index (κ1) is 23.6. The van der Waals surface area contributed by atoms with Crippen LogP contribution in [-0.4, -0.2) is 38.3 Å². The Bertz CT molecular complexity index is 1150. The molecule has 0 fully saturated rings. The smallest absolute Gasteiger partial charge is 0.291 e. The minimum absolute atomic E-state index is 0.0753. The van der Waals surface area contributed by atoms with Gasteiger partial charge in [-0.1, -0.05) is 6.07 Å². The Labute approximate surface area is 196 Å². The first-order valence-corrected chi connectivity index (χ1v) is 10.1. The summed E-state index contributed by atoms with van der Waals surface area (Å²) in [4.78, 5) is 25.0. The number of hydrogen-bond acceptors (Lipinski definition) is 7. The maximum Gasteiger partial charge on any atom is 0.291 e. The van der Waals surface area contributed by atoms with Gasteiger partial charge in [-0.3, -0.25) is 14.9 Å². The van der Waals surface area contributed by atoms with Crippen molar-refractivity contribution in [2.24, 2.45) is 0 Å². The monoisotopic (exact) mass is 469 g/mol. The molecular formula is C23H23N3O6S. The third-order valence-electron chi connectivity index (χ3n) is 4.64. The van der Waals surface area contributed by atoms with E-state index in [1.165, 1.54) is 39.7 Å². The van der Waals surface area contributed by atoms with Gasteiger partial charge in [-0.25, -0.2) is 0 Å². The molecule has 0 unspecified atom stereocenters. The average molecular weight is 470 g/mol. The Morgan fingerprint density at radius 3 is 2.18 bits per heavy atom. The first-order chi connectivity index (χ1) is 15.9. The lowest BCUT2D eigenvalue weighted by molar-refractivity contribution is 0.0974. The Hall–Kier alpha value is -4.05. The van der Waals surface area contributed by atoms with Crippen LogP contribution in [0.1, 0.15) is 26.5 Å². The highest BCUT2D eigenvalue weighted by Crippen LogP contribution is 2.38. The van der Waals surface area contributed by atoms with Crippen LogP contribution in [0.5, 0.6) is 17.2 Å². The quantitative estimate of drug-likeness (QED) is 0.446. The average Bonchev–Trinajstić information content (AvgIpc) is 3.35. The molecule has 0 radical (unpaired) electrons. The van der Waals surface area contributed by atoms with Crippen LogP contribution in [-0.2, 0) is 0 Å². The van der Waals surface area contributed by atoms with Crippen molar-refractivity contribution in [3.8, 4) is 17.2 Å². The third kappa shape index (κ3) is 5.60. The number of carbonyl (C=O) groups excluding carboxylic acids is 2. The molecule has 10 heteroatoms. The van der Waals surface area contributed by atoms with Gasteiger partial charge in [0, 0.05) is 16.9 Å². The second-order valence-corrected chi connectivity index (χ2v) is 7.19. The number of thiocarbonyl (C=S) groups is 1. The van der Waals surface area contributed by atoms with Crippen LogP contribution in [0.3, 0.4) is 0 Å². The van der Waals surface area contributed by atoms with Gasteiger partial charge in [0.05, 0.1) is 27.6 Å². The topological polar surface area (TPSA) is 111 Å². The van der Waals surface area contributed by atoms with Crippen molar-refractivity contribution in [3.05, 3.63) is 65.6 Å². The Morgan fingerprint density at radius 1 is 0.909 bits per heavy atom. The summed E-state index contributed by atoms with van der Waals surface area (Å²) in [6.45, 7) is 1.87. The van der Waals surface area contributed by atoms with Gasteiger partial charge >= 0.3 is 0 Å². The van der Waals surface area contributed by atoms with E-state index in [9.17, 15) is 9.59 Å². The molecule has 0 aliphatic heterocycles. The lowest BCUT2D eigenvalue weighted by Gasteiger charge is -2.15. The van der Waals surface area contributed by atoms with Gasteiger partial charge in [0.15, 0.2) is 22.4 Å². The molecule has 2 aromatic carbocycles. The zero-order valence-corrected chi connectivity index (χ0v) is 19.3. The van der Waals surface area contributed by atoms with Crippen LogP contribution in [0.25, 0.3) is 0 Å². The number of rotatable bonds is 7. The van der Waals surface area contributed by atoms with Gasteiger partial charge in [0.2, 0.25) is 5.75 Å². The second kappa shape index (κ2) is 10.5. The van der Waals surface area contributed by atoms with Gasteiger partial charge in [-0.15, -0.1) is 0 Å². The summed E-state index contributed by atoms with van der Waals surface area (Å²) < 4.78 is 20.9. The van der Waals surface area contributed by atoms with Crippen molar-refractivity contribution in [3.63, 3.8) is 0 Å². The highest BCUT2D eigenvalue weighted by molar-refractivity contribution is 7.80. The van der Waals surface area contributed by atoms with Crippen LogP contribution in [0, 0.1) is 6.92 Å². The molecule has 172 valence electrons. The molecule has 3 N–H and O–H groups in total. The maximum atomic E-state index is 12.8. The van der Waals surface area contributed by atoms with Crippen molar-refractivity contribution in [2.45, 2.75) is 6.92 Å². The number of carbonyl (C=O) groups is 2. The SMILES string of the molecule is COc1cc(C(=O)NC(=S)Nc2cc(NC(=O)c3ccco3)ccc2C)cc(OC)c1OC. The van der Waals surface area contributed by atoms with E-state index in [0.717, 1.165) is 5.56 Å². The molecule has 3 rings (SSSR count). The fourth-order valence-corrected chi connectivity index (χ4v) is 3.18. The van der Waals surface area contributed by atoms with Crippen LogP contribution in [0.4, 0.5) is 11.4 Å². The predicted molar refractivity (Wildman–Crippen MR) is 128 cm³/mol. The summed E-state index contributed by atoms with van der Waals surface area (Å²) in [7, 11) is 4.41. The number of methoxy groups -OCH3 is 3. The summed E-state index contributed by atoms with van der Waals surface area (Å²) in [5.74, 6) is 0.410. The van der Waals surface area contributed by atoms with Crippen molar-refractivity contribution >= 4 is 40.5 Å². The molecular weight excluding hydrogens is 446 g/mol. The van der Waals surface area contributed by atoms with E-state index in [-0.39, 0.29) is 22.3 Å². The molecule has 1 heterocycles. The minimum Gasteiger partial charge on any atom is -0.493 e. The Kier molecular flexibility index (Phi) is 7.52. The molecule has 33 heavy (non-hydrogen) atoms. The summed E-state index contributed by atoms with van der Waals surface area (Å²) in [6.07, 6.45) is 1.42. The molecule has 0 saturated heterocycles. The van der Waals surface area contributed by atoms with Crippen LogP contribution >= 0.6 is 12.2 Å². The number of aryl methyl sites for hydroxylation is 1. The fourth-order valence-electron chi connectivity index (χ4n) is 2.98. The lowest BCUT2D eigenvalue weighted by Crippen LogP contribution is -2.34. The number of furan rings is 1. The van der Waals surface area contributed by atoms with Crippen LogP contribution in [0.15, 0.2) is 53.1 Å². The molecule has 0 spiro atoms. The number of nitrogens with one attached hydrogen (secondary N) is 3. The van der Waals surface area contributed by atoms with Crippen molar-refractivity contribution in [2.75, 3.05) is 32.0 Å². The molecule has 0 atom stereocenters.